The van der Waals surface area contributed by atoms with Crippen molar-refractivity contribution in [2.75, 3.05) is 7.11 Å². The fourth-order valence-corrected chi connectivity index (χ4v) is 2.84. The summed E-state index contributed by atoms with van der Waals surface area (Å²) in [6, 6.07) is 11.1. The van der Waals surface area contributed by atoms with Crippen LogP contribution >= 0.6 is 0 Å². The van der Waals surface area contributed by atoms with E-state index in [0.717, 1.165) is 6.21 Å². The Labute approximate surface area is 169 Å². The standard InChI is InChI=1S/C20H18F2N4O4/c1-3-26-19(28)14-9-5-4-8-13(14)16(25-26)18(27)24-23-11-12-7-6-10-15(29-2)17(12)30-20(21)22/h4-11,20H,3H2,1-2H3,(H,24,27)/b23-11-. The molecule has 0 fully saturated rings. The van der Waals surface area contributed by atoms with Crippen LogP contribution in [0.4, 0.5) is 8.78 Å². The van der Waals surface area contributed by atoms with E-state index in [4.69, 9.17) is 4.74 Å². The van der Waals surface area contributed by atoms with Gasteiger partial charge < -0.3 is 9.47 Å². The highest BCUT2D eigenvalue weighted by Crippen LogP contribution is 2.31. The first-order valence-electron chi connectivity index (χ1n) is 8.91. The van der Waals surface area contributed by atoms with Crippen molar-refractivity contribution in [3.05, 3.63) is 64.1 Å². The van der Waals surface area contributed by atoms with E-state index in [-0.39, 0.29) is 34.9 Å². The summed E-state index contributed by atoms with van der Waals surface area (Å²) in [4.78, 5) is 25.0. The highest BCUT2D eigenvalue weighted by atomic mass is 19.3. The summed E-state index contributed by atoms with van der Waals surface area (Å²) >= 11 is 0. The Bertz CT molecular complexity index is 1160. The molecule has 0 unspecified atom stereocenters. The number of nitrogens with zero attached hydrogens (tertiary/aromatic N) is 3. The molecule has 0 atom stereocenters. The minimum Gasteiger partial charge on any atom is -0.493 e. The van der Waals surface area contributed by atoms with Crippen LogP contribution in [0.2, 0.25) is 0 Å². The highest BCUT2D eigenvalue weighted by molar-refractivity contribution is 6.05. The monoisotopic (exact) mass is 416 g/mol. The zero-order chi connectivity index (χ0) is 21.7. The molecule has 1 amide bonds. The van der Waals surface area contributed by atoms with Crippen LogP contribution in [-0.4, -0.2) is 35.6 Å². The Morgan fingerprint density at radius 3 is 2.63 bits per heavy atom. The van der Waals surface area contributed by atoms with Crippen LogP contribution in [0.1, 0.15) is 23.0 Å². The van der Waals surface area contributed by atoms with E-state index < -0.39 is 12.5 Å². The highest BCUT2D eigenvalue weighted by Gasteiger charge is 2.17. The Kier molecular flexibility index (Phi) is 6.35. The number of hydrogen-bond donors (Lipinski definition) is 1. The van der Waals surface area contributed by atoms with Crippen LogP contribution in [0.5, 0.6) is 11.5 Å². The molecule has 0 aliphatic rings. The summed E-state index contributed by atoms with van der Waals surface area (Å²) in [7, 11) is 1.32. The number of aryl methyl sites for hydroxylation is 1. The van der Waals surface area contributed by atoms with Gasteiger partial charge in [0.2, 0.25) is 0 Å². The number of amides is 1. The van der Waals surface area contributed by atoms with Crippen LogP contribution in [-0.2, 0) is 6.54 Å². The molecule has 2 aromatic carbocycles. The van der Waals surface area contributed by atoms with E-state index in [1.807, 2.05) is 0 Å². The predicted molar refractivity (Wildman–Crippen MR) is 106 cm³/mol. The van der Waals surface area contributed by atoms with Gasteiger partial charge in [0, 0.05) is 17.5 Å². The zero-order valence-electron chi connectivity index (χ0n) is 16.1. The molecule has 3 rings (SSSR count). The van der Waals surface area contributed by atoms with Crippen LogP contribution in [0.25, 0.3) is 10.8 Å². The lowest BCUT2D eigenvalue weighted by atomic mass is 10.1. The number of hydrogen-bond acceptors (Lipinski definition) is 6. The van der Waals surface area contributed by atoms with E-state index in [1.54, 1.807) is 37.3 Å². The molecule has 0 radical (unpaired) electrons. The normalized spacial score (nSPS) is 11.2. The molecule has 0 bridgehead atoms. The maximum atomic E-state index is 12.7. The molecule has 1 heterocycles. The average molecular weight is 416 g/mol. The average Bonchev–Trinajstić information content (AvgIpc) is 2.74. The second-order valence-corrected chi connectivity index (χ2v) is 5.97. The van der Waals surface area contributed by atoms with E-state index in [9.17, 15) is 18.4 Å². The molecule has 0 saturated carbocycles. The fourth-order valence-electron chi connectivity index (χ4n) is 2.84. The Morgan fingerprint density at radius 1 is 1.23 bits per heavy atom. The fraction of sp³-hybridized carbons (Fsp3) is 0.200. The molecule has 10 heteroatoms. The van der Waals surface area contributed by atoms with Crippen molar-refractivity contribution in [1.29, 1.82) is 0 Å². The van der Waals surface area contributed by atoms with E-state index in [2.05, 4.69) is 20.4 Å². The minimum absolute atomic E-state index is 0.0129. The minimum atomic E-state index is -3.06. The van der Waals surface area contributed by atoms with Gasteiger partial charge in [0.15, 0.2) is 17.2 Å². The number of hydrazone groups is 1. The van der Waals surface area contributed by atoms with E-state index in [0.29, 0.717) is 10.8 Å². The van der Waals surface area contributed by atoms with Crippen LogP contribution in [0.3, 0.4) is 0 Å². The molecular weight excluding hydrogens is 398 g/mol. The molecule has 156 valence electrons. The number of para-hydroxylation sites is 1. The second kappa shape index (κ2) is 9.12. The van der Waals surface area contributed by atoms with Gasteiger partial charge in [0.25, 0.3) is 11.5 Å². The lowest BCUT2D eigenvalue weighted by Gasteiger charge is -2.12. The van der Waals surface area contributed by atoms with Crippen LogP contribution in [0.15, 0.2) is 52.4 Å². The summed E-state index contributed by atoms with van der Waals surface area (Å²) in [5.74, 6) is -0.784. The maximum absolute atomic E-state index is 12.7. The third-order valence-corrected chi connectivity index (χ3v) is 4.19. The quantitative estimate of drug-likeness (QED) is 0.472. The molecule has 1 aromatic heterocycles. The van der Waals surface area contributed by atoms with Crippen LogP contribution < -0.4 is 20.5 Å². The number of alkyl halides is 2. The van der Waals surface area contributed by atoms with Crippen LogP contribution in [0, 0.1) is 0 Å². The summed E-state index contributed by atoms with van der Waals surface area (Å²) in [5.41, 5.74) is 2.18. The smallest absolute Gasteiger partial charge is 0.387 e. The Morgan fingerprint density at radius 2 is 1.97 bits per heavy atom. The lowest BCUT2D eigenvalue weighted by molar-refractivity contribution is -0.0513. The molecule has 0 spiro atoms. The second-order valence-electron chi connectivity index (χ2n) is 5.97. The number of carbonyl (C=O) groups is 1. The van der Waals surface area contributed by atoms with Gasteiger partial charge in [-0.1, -0.05) is 24.3 Å². The molecule has 0 aliphatic carbocycles. The van der Waals surface area contributed by atoms with Crippen molar-refractivity contribution in [2.24, 2.45) is 5.10 Å². The molecular formula is C20H18F2N4O4. The van der Waals surface area contributed by atoms with Gasteiger partial charge in [-0.05, 0) is 25.1 Å². The number of ether oxygens (including phenoxy) is 2. The van der Waals surface area contributed by atoms with Gasteiger partial charge in [-0.3, -0.25) is 9.59 Å². The largest absolute Gasteiger partial charge is 0.493 e. The number of methoxy groups -OCH3 is 1. The maximum Gasteiger partial charge on any atom is 0.387 e. The number of benzene rings is 2. The van der Waals surface area contributed by atoms with Crippen molar-refractivity contribution in [1.82, 2.24) is 15.2 Å². The zero-order valence-corrected chi connectivity index (χ0v) is 16.1. The number of fused-ring (bicyclic) bond motifs is 1. The molecule has 30 heavy (non-hydrogen) atoms. The molecule has 0 aliphatic heterocycles. The lowest BCUT2D eigenvalue weighted by Crippen LogP contribution is -2.28. The summed E-state index contributed by atoms with van der Waals surface area (Å²) in [6.45, 7) is -1.05. The molecule has 1 N–H and O–H groups in total. The van der Waals surface area contributed by atoms with Gasteiger partial charge in [0.05, 0.1) is 18.7 Å². The van der Waals surface area contributed by atoms with E-state index in [1.165, 1.54) is 23.9 Å². The summed E-state index contributed by atoms with van der Waals surface area (Å²) < 4.78 is 36.1. The summed E-state index contributed by atoms with van der Waals surface area (Å²) in [5, 5.41) is 8.65. The Hall–Kier alpha value is -3.82. The number of nitrogens with one attached hydrogen (secondary N) is 1. The topological polar surface area (TPSA) is 94.8 Å². The number of rotatable bonds is 7. The number of halogens is 2. The molecule has 0 saturated heterocycles. The molecule has 8 nitrogen and oxygen atoms in total. The first-order valence-corrected chi connectivity index (χ1v) is 8.91. The Balaban J connectivity index is 1.91. The third-order valence-electron chi connectivity index (χ3n) is 4.19. The number of aromatic nitrogens is 2. The van der Waals surface area contributed by atoms with Gasteiger partial charge in [-0.15, -0.1) is 0 Å². The molecule has 3 aromatic rings. The first kappa shape index (κ1) is 20.9. The van der Waals surface area contributed by atoms with Gasteiger partial charge in [-0.2, -0.15) is 19.0 Å². The SMILES string of the molecule is CCn1nc(C(=O)N/N=C\c2cccc(OC)c2OC(F)F)c2ccccc2c1=O. The predicted octanol–water partition coefficient (Wildman–Crippen LogP) is 2.79. The third kappa shape index (κ3) is 4.27. The van der Waals surface area contributed by atoms with Crippen molar-refractivity contribution < 1.29 is 23.0 Å². The summed E-state index contributed by atoms with van der Waals surface area (Å²) in [6.07, 6.45) is 1.15. The van der Waals surface area contributed by atoms with Crippen molar-refractivity contribution in [2.45, 2.75) is 20.1 Å². The van der Waals surface area contributed by atoms with Gasteiger partial charge in [0.1, 0.15) is 0 Å². The van der Waals surface area contributed by atoms with Crippen molar-refractivity contribution in [3.63, 3.8) is 0 Å². The van der Waals surface area contributed by atoms with Crippen molar-refractivity contribution in [3.8, 4) is 11.5 Å². The number of carbonyl (C=O) groups excluding carboxylic acids is 1. The van der Waals surface area contributed by atoms with Gasteiger partial charge in [-0.25, -0.2) is 10.1 Å². The van der Waals surface area contributed by atoms with Crippen molar-refractivity contribution >= 4 is 22.9 Å². The van der Waals surface area contributed by atoms with Gasteiger partial charge >= 0.3 is 6.61 Å². The first-order chi connectivity index (χ1) is 14.5. The van der Waals surface area contributed by atoms with E-state index >= 15 is 0 Å².